The van der Waals surface area contributed by atoms with Crippen LogP contribution in [0.3, 0.4) is 0 Å². The van der Waals surface area contributed by atoms with Gasteiger partial charge in [0.2, 0.25) is 0 Å². The Balaban J connectivity index is 2.23. The third-order valence-electron chi connectivity index (χ3n) is 4.04. The van der Waals surface area contributed by atoms with Crippen molar-refractivity contribution in [2.75, 3.05) is 7.11 Å². The molecule has 142 valence electrons. The number of amides is 1. The van der Waals surface area contributed by atoms with Gasteiger partial charge in [-0.15, -0.1) is 11.3 Å². The largest absolute Gasteiger partial charge is 0.497 e. The van der Waals surface area contributed by atoms with E-state index >= 15 is 0 Å². The maximum Gasteiger partial charge on any atom is 0.408 e. The number of hydrogen-bond acceptors (Lipinski definition) is 5. The molecule has 0 aliphatic rings. The van der Waals surface area contributed by atoms with E-state index in [-0.39, 0.29) is 12.0 Å². The van der Waals surface area contributed by atoms with Crippen molar-refractivity contribution in [3.8, 4) is 17.0 Å². The van der Waals surface area contributed by atoms with Crippen LogP contribution in [0.15, 0.2) is 29.6 Å². The van der Waals surface area contributed by atoms with Gasteiger partial charge in [0.25, 0.3) is 0 Å². The number of carbonyl (C=O) groups excluding carboxylic acids is 1. The Morgan fingerprint density at radius 3 is 2.69 bits per heavy atom. The normalized spacial score (nSPS) is 13.8. The van der Waals surface area contributed by atoms with Gasteiger partial charge in [0, 0.05) is 10.9 Å². The van der Waals surface area contributed by atoms with E-state index in [2.05, 4.69) is 19.2 Å². The lowest BCUT2D eigenvalue weighted by atomic mass is 10.00. The number of thiazole rings is 1. The predicted octanol–water partition coefficient (Wildman–Crippen LogP) is 5.43. The van der Waals surface area contributed by atoms with Gasteiger partial charge >= 0.3 is 6.09 Å². The molecule has 2 atom stereocenters. The number of ether oxygens (including phenoxy) is 2. The zero-order valence-electron chi connectivity index (χ0n) is 16.3. The minimum absolute atomic E-state index is 0.181. The van der Waals surface area contributed by atoms with Crippen molar-refractivity contribution in [1.82, 2.24) is 10.3 Å². The highest BCUT2D eigenvalue weighted by Gasteiger charge is 2.26. The van der Waals surface area contributed by atoms with Crippen LogP contribution in [-0.4, -0.2) is 23.8 Å². The van der Waals surface area contributed by atoms with Crippen molar-refractivity contribution in [2.24, 2.45) is 5.92 Å². The molecule has 0 saturated carbocycles. The molecule has 6 heteroatoms. The second kappa shape index (κ2) is 8.54. The molecule has 0 aliphatic heterocycles. The second-order valence-electron chi connectivity index (χ2n) is 7.31. The molecule has 1 aromatic heterocycles. The van der Waals surface area contributed by atoms with E-state index in [1.54, 1.807) is 18.4 Å². The summed E-state index contributed by atoms with van der Waals surface area (Å²) in [5.41, 5.74) is 1.34. The lowest BCUT2D eigenvalue weighted by Gasteiger charge is -2.25. The molecular formula is C20H28N2O3S. The van der Waals surface area contributed by atoms with Gasteiger partial charge in [-0.25, -0.2) is 9.78 Å². The number of nitrogens with one attached hydrogen (secondary N) is 1. The Morgan fingerprint density at radius 1 is 1.35 bits per heavy atom. The molecule has 0 radical (unpaired) electrons. The summed E-state index contributed by atoms with van der Waals surface area (Å²) in [6.07, 6.45) is 0.509. The average molecular weight is 377 g/mol. The van der Waals surface area contributed by atoms with Crippen molar-refractivity contribution in [1.29, 1.82) is 0 Å². The molecule has 2 aromatic rings. The minimum Gasteiger partial charge on any atom is -0.497 e. The highest BCUT2D eigenvalue weighted by Crippen LogP contribution is 2.32. The van der Waals surface area contributed by atoms with Crippen LogP contribution in [0.1, 0.15) is 52.1 Å². The van der Waals surface area contributed by atoms with Crippen LogP contribution in [0.25, 0.3) is 11.3 Å². The molecule has 0 fully saturated rings. The molecule has 0 aliphatic carbocycles. The van der Waals surface area contributed by atoms with Gasteiger partial charge in [-0.2, -0.15) is 0 Å². The van der Waals surface area contributed by atoms with Gasteiger partial charge in [0.05, 0.1) is 18.8 Å². The summed E-state index contributed by atoms with van der Waals surface area (Å²) in [7, 11) is 1.65. The van der Waals surface area contributed by atoms with Gasteiger partial charge in [0.15, 0.2) is 0 Å². The summed E-state index contributed by atoms with van der Waals surface area (Å²) >= 11 is 1.55. The predicted molar refractivity (Wildman–Crippen MR) is 106 cm³/mol. The number of aromatic nitrogens is 1. The van der Waals surface area contributed by atoms with E-state index < -0.39 is 11.7 Å². The maximum atomic E-state index is 12.3. The number of methoxy groups -OCH3 is 1. The number of hydrogen-bond donors (Lipinski definition) is 1. The first kappa shape index (κ1) is 20.2. The molecular weight excluding hydrogens is 348 g/mol. The van der Waals surface area contributed by atoms with Gasteiger partial charge in [-0.1, -0.05) is 32.4 Å². The smallest absolute Gasteiger partial charge is 0.408 e. The molecule has 0 bridgehead atoms. The molecule has 26 heavy (non-hydrogen) atoms. The fourth-order valence-corrected chi connectivity index (χ4v) is 3.47. The number of nitrogens with zero attached hydrogens (tertiary/aromatic N) is 1. The molecule has 1 N–H and O–H groups in total. The number of alkyl carbamates (subject to hydrolysis) is 1. The van der Waals surface area contributed by atoms with E-state index in [0.717, 1.165) is 28.4 Å². The zero-order valence-corrected chi connectivity index (χ0v) is 17.1. The standard InChI is InChI=1S/C20H28N2O3S/c1-7-13(2)17(22-19(23)25-20(3,4)5)18-21-16(12-26-18)14-9-8-10-15(11-14)24-6/h8-13,17H,7H2,1-6H3,(H,22,23). The van der Waals surface area contributed by atoms with E-state index in [1.807, 2.05) is 50.4 Å². The first-order valence-corrected chi connectivity index (χ1v) is 9.70. The lowest BCUT2D eigenvalue weighted by molar-refractivity contribution is 0.0486. The Hall–Kier alpha value is -2.08. The van der Waals surface area contributed by atoms with Crippen LogP contribution in [0.2, 0.25) is 0 Å². The van der Waals surface area contributed by atoms with Gasteiger partial charge < -0.3 is 14.8 Å². The minimum atomic E-state index is -0.529. The van der Waals surface area contributed by atoms with E-state index in [4.69, 9.17) is 14.5 Å². The monoisotopic (exact) mass is 376 g/mol. The van der Waals surface area contributed by atoms with Crippen molar-refractivity contribution in [3.63, 3.8) is 0 Å². The van der Waals surface area contributed by atoms with Crippen LogP contribution < -0.4 is 10.1 Å². The molecule has 2 unspecified atom stereocenters. The topological polar surface area (TPSA) is 60.5 Å². The van der Waals surface area contributed by atoms with Crippen molar-refractivity contribution >= 4 is 17.4 Å². The fraction of sp³-hybridized carbons (Fsp3) is 0.500. The molecule has 0 saturated heterocycles. The summed E-state index contributed by atoms with van der Waals surface area (Å²) in [4.78, 5) is 17.0. The van der Waals surface area contributed by atoms with Gasteiger partial charge in [-0.3, -0.25) is 0 Å². The third kappa shape index (κ3) is 5.46. The van der Waals surface area contributed by atoms with E-state index in [1.165, 1.54) is 0 Å². The number of rotatable bonds is 6. The summed E-state index contributed by atoms with van der Waals surface area (Å²) in [5.74, 6) is 1.04. The Morgan fingerprint density at radius 2 is 2.08 bits per heavy atom. The quantitative estimate of drug-likeness (QED) is 0.730. The van der Waals surface area contributed by atoms with E-state index in [0.29, 0.717) is 0 Å². The van der Waals surface area contributed by atoms with Crippen LogP contribution in [0.4, 0.5) is 4.79 Å². The summed E-state index contributed by atoms with van der Waals surface area (Å²) in [6, 6.07) is 7.62. The Bertz CT molecular complexity index is 737. The van der Waals surface area contributed by atoms with Gasteiger partial charge in [0.1, 0.15) is 16.4 Å². The molecule has 0 spiro atoms. The lowest BCUT2D eigenvalue weighted by Crippen LogP contribution is -2.37. The number of benzene rings is 1. The van der Waals surface area contributed by atoms with E-state index in [9.17, 15) is 4.79 Å². The Labute approximate surface area is 159 Å². The fourth-order valence-electron chi connectivity index (χ4n) is 2.46. The highest BCUT2D eigenvalue weighted by molar-refractivity contribution is 7.10. The molecule has 2 rings (SSSR count). The zero-order chi connectivity index (χ0) is 19.3. The molecule has 5 nitrogen and oxygen atoms in total. The Kier molecular flexibility index (Phi) is 6.64. The van der Waals surface area contributed by atoms with Crippen LogP contribution in [-0.2, 0) is 4.74 Å². The molecule has 1 aromatic carbocycles. The highest BCUT2D eigenvalue weighted by atomic mass is 32.1. The second-order valence-corrected chi connectivity index (χ2v) is 8.20. The number of carbonyl (C=O) groups is 1. The van der Waals surface area contributed by atoms with Crippen molar-refractivity contribution in [2.45, 2.75) is 52.7 Å². The first-order chi connectivity index (χ1) is 12.2. The molecule has 1 heterocycles. The maximum absolute atomic E-state index is 12.3. The van der Waals surface area contributed by atoms with Gasteiger partial charge in [-0.05, 0) is 38.8 Å². The first-order valence-electron chi connectivity index (χ1n) is 8.83. The van der Waals surface area contributed by atoms with Crippen LogP contribution in [0, 0.1) is 5.92 Å². The summed E-state index contributed by atoms with van der Waals surface area (Å²) in [5, 5.41) is 5.88. The van der Waals surface area contributed by atoms with Crippen LogP contribution >= 0.6 is 11.3 Å². The van der Waals surface area contributed by atoms with Crippen molar-refractivity contribution in [3.05, 3.63) is 34.7 Å². The summed E-state index contributed by atoms with van der Waals surface area (Å²) in [6.45, 7) is 9.78. The summed E-state index contributed by atoms with van der Waals surface area (Å²) < 4.78 is 10.7. The third-order valence-corrected chi connectivity index (χ3v) is 4.97. The molecule has 1 amide bonds. The average Bonchev–Trinajstić information content (AvgIpc) is 3.07. The SMILES string of the molecule is CCC(C)C(NC(=O)OC(C)(C)C)c1nc(-c2cccc(OC)c2)cs1. The van der Waals surface area contributed by atoms with Crippen molar-refractivity contribution < 1.29 is 14.3 Å². The van der Waals surface area contributed by atoms with Crippen LogP contribution in [0.5, 0.6) is 5.75 Å².